The number of rotatable bonds is 6. The lowest BCUT2D eigenvalue weighted by Gasteiger charge is -2.20. The first-order valence-electron chi connectivity index (χ1n) is 7.76. The van der Waals surface area contributed by atoms with Gasteiger partial charge in [-0.15, -0.1) is 0 Å². The van der Waals surface area contributed by atoms with E-state index in [1.165, 1.54) is 0 Å². The van der Waals surface area contributed by atoms with Gasteiger partial charge in [-0.1, -0.05) is 6.92 Å². The van der Waals surface area contributed by atoms with Crippen molar-refractivity contribution in [2.24, 2.45) is 0 Å². The molecule has 1 aliphatic carbocycles. The van der Waals surface area contributed by atoms with E-state index in [0.29, 0.717) is 5.56 Å². The van der Waals surface area contributed by atoms with Crippen molar-refractivity contribution < 1.29 is 9.53 Å². The normalized spacial score (nSPS) is 21.3. The summed E-state index contributed by atoms with van der Waals surface area (Å²) in [4.78, 5) is 16.9. The Morgan fingerprint density at radius 2 is 2.19 bits per heavy atom. The molecule has 2 unspecified atom stereocenters. The highest BCUT2D eigenvalue weighted by molar-refractivity contribution is 5.95. The number of aryl methyl sites for hydroxylation is 1. The molecule has 0 bridgehead atoms. The molecular formula is C16H25N3O2. The molecule has 1 fully saturated rings. The van der Waals surface area contributed by atoms with E-state index in [9.17, 15) is 4.79 Å². The van der Waals surface area contributed by atoms with Gasteiger partial charge in [-0.2, -0.15) is 0 Å². The predicted octanol–water partition coefficient (Wildman–Crippen LogP) is 2.37. The van der Waals surface area contributed by atoms with Crippen molar-refractivity contribution >= 4 is 11.7 Å². The van der Waals surface area contributed by atoms with Gasteiger partial charge in [-0.3, -0.25) is 4.79 Å². The molecule has 1 saturated carbocycles. The summed E-state index contributed by atoms with van der Waals surface area (Å²) in [6.45, 7) is 4.84. The molecule has 2 N–H and O–H groups in total. The van der Waals surface area contributed by atoms with Crippen LogP contribution in [0, 0.1) is 0 Å². The van der Waals surface area contributed by atoms with Crippen molar-refractivity contribution in [2.45, 2.75) is 51.7 Å². The topological polar surface area (TPSA) is 63.2 Å². The fourth-order valence-electron chi connectivity index (χ4n) is 2.80. The number of methoxy groups -OCH3 is 1. The Kier molecular flexibility index (Phi) is 5.56. The molecule has 1 amide bonds. The van der Waals surface area contributed by atoms with Crippen molar-refractivity contribution in [3.05, 3.63) is 23.4 Å². The Morgan fingerprint density at radius 1 is 1.38 bits per heavy atom. The van der Waals surface area contributed by atoms with Crippen LogP contribution in [0.3, 0.4) is 0 Å². The molecule has 1 aliphatic rings. The van der Waals surface area contributed by atoms with Crippen LogP contribution in [0.15, 0.2) is 12.1 Å². The average molecular weight is 291 g/mol. The first-order valence-corrected chi connectivity index (χ1v) is 7.76. The van der Waals surface area contributed by atoms with Gasteiger partial charge in [0.25, 0.3) is 5.91 Å². The van der Waals surface area contributed by atoms with Crippen LogP contribution in [-0.4, -0.2) is 36.7 Å². The van der Waals surface area contributed by atoms with Crippen LogP contribution in [0.25, 0.3) is 0 Å². The van der Waals surface area contributed by atoms with E-state index in [-0.39, 0.29) is 18.1 Å². The molecule has 1 heterocycles. The molecule has 0 aliphatic heterocycles. The van der Waals surface area contributed by atoms with Crippen molar-refractivity contribution in [3.63, 3.8) is 0 Å². The summed E-state index contributed by atoms with van der Waals surface area (Å²) in [6, 6.07) is 3.80. The number of hydrogen-bond acceptors (Lipinski definition) is 4. The van der Waals surface area contributed by atoms with Crippen LogP contribution in [0.1, 0.15) is 49.2 Å². The molecule has 2 atom stereocenters. The quantitative estimate of drug-likeness (QED) is 0.844. The van der Waals surface area contributed by atoms with E-state index in [1.807, 2.05) is 26.0 Å². The third-order valence-electron chi connectivity index (χ3n) is 3.93. The van der Waals surface area contributed by atoms with Gasteiger partial charge in [0, 0.05) is 24.9 Å². The molecule has 0 saturated heterocycles. The van der Waals surface area contributed by atoms with Crippen LogP contribution in [0.2, 0.25) is 0 Å². The molecule has 116 valence electrons. The molecule has 2 rings (SSSR count). The average Bonchev–Trinajstić information content (AvgIpc) is 2.94. The number of aromatic nitrogens is 1. The minimum atomic E-state index is -0.0415. The number of nitrogens with one attached hydrogen (secondary N) is 2. The van der Waals surface area contributed by atoms with Crippen molar-refractivity contribution in [1.82, 2.24) is 10.3 Å². The highest BCUT2D eigenvalue weighted by atomic mass is 16.5. The second kappa shape index (κ2) is 7.41. The minimum Gasteiger partial charge on any atom is -0.379 e. The first-order chi connectivity index (χ1) is 10.2. The molecule has 0 spiro atoms. The monoisotopic (exact) mass is 291 g/mol. The van der Waals surface area contributed by atoms with Gasteiger partial charge < -0.3 is 15.4 Å². The van der Waals surface area contributed by atoms with Crippen LogP contribution in [0.4, 0.5) is 5.82 Å². The Morgan fingerprint density at radius 3 is 2.86 bits per heavy atom. The largest absolute Gasteiger partial charge is 0.379 e. The van der Waals surface area contributed by atoms with Gasteiger partial charge in [0.05, 0.1) is 12.1 Å². The van der Waals surface area contributed by atoms with Crippen LogP contribution in [0.5, 0.6) is 0 Å². The summed E-state index contributed by atoms with van der Waals surface area (Å²) in [5.74, 6) is 0.719. The first kappa shape index (κ1) is 15.8. The zero-order valence-corrected chi connectivity index (χ0v) is 13.1. The maximum atomic E-state index is 12.5. The number of pyridine rings is 1. The minimum absolute atomic E-state index is 0.0415. The van der Waals surface area contributed by atoms with E-state index in [0.717, 1.165) is 43.7 Å². The summed E-state index contributed by atoms with van der Waals surface area (Å²) in [5.41, 5.74) is 1.59. The summed E-state index contributed by atoms with van der Waals surface area (Å²) < 4.78 is 5.43. The van der Waals surface area contributed by atoms with Crippen LogP contribution < -0.4 is 10.6 Å². The molecule has 5 heteroatoms. The van der Waals surface area contributed by atoms with E-state index in [1.54, 1.807) is 7.11 Å². The summed E-state index contributed by atoms with van der Waals surface area (Å²) in [7, 11) is 1.71. The molecule has 0 radical (unpaired) electrons. The SMILES string of the molecule is CCNc1cc(C(=O)NC2CCCC2OC)cc(CC)n1. The number of carbonyl (C=O) groups excluding carboxylic acids is 1. The second-order valence-electron chi connectivity index (χ2n) is 5.40. The van der Waals surface area contributed by atoms with Crippen molar-refractivity contribution in [2.75, 3.05) is 19.0 Å². The Hall–Kier alpha value is -1.62. The number of nitrogens with zero attached hydrogens (tertiary/aromatic N) is 1. The van der Waals surface area contributed by atoms with Gasteiger partial charge in [0.15, 0.2) is 0 Å². The lowest BCUT2D eigenvalue weighted by molar-refractivity contribution is 0.0722. The second-order valence-corrected chi connectivity index (χ2v) is 5.40. The Balaban J connectivity index is 2.12. The number of carbonyl (C=O) groups is 1. The lowest BCUT2D eigenvalue weighted by Crippen LogP contribution is -2.40. The number of hydrogen-bond donors (Lipinski definition) is 2. The standard InChI is InChI=1S/C16H25N3O2/c1-4-12-9-11(10-15(18-12)17-5-2)16(20)19-13-7-6-8-14(13)21-3/h9-10,13-14H,4-8H2,1-3H3,(H,17,18)(H,19,20). The maximum absolute atomic E-state index is 12.5. The van der Waals surface area contributed by atoms with E-state index >= 15 is 0 Å². The van der Waals surface area contributed by atoms with Gasteiger partial charge in [-0.05, 0) is 44.7 Å². The molecule has 1 aromatic heterocycles. The molecule has 5 nitrogen and oxygen atoms in total. The van der Waals surface area contributed by atoms with Crippen molar-refractivity contribution in [1.29, 1.82) is 0 Å². The Labute approximate surface area is 126 Å². The van der Waals surface area contributed by atoms with Gasteiger partial charge >= 0.3 is 0 Å². The number of anilines is 1. The van der Waals surface area contributed by atoms with Crippen LogP contribution in [-0.2, 0) is 11.2 Å². The molecular weight excluding hydrogens is 266 g/mol. The Bertz CT molecular complexity index is 490. The summed E-state index contributed by atoms with van der Waals surface area (Å²) in [5, 5.41) is 6.27. The summed E-state index contributed by atoms with van der Waals surface area (Å²) >= 11 is 0. The van der Waals surface area contributed by atoms with E-state index < -0.39 is 0 Å². The molecule has 1 aromatic rings. The van der Waals surface area contributed by atoms with Gasteiger partial charge in [-0.25, -0.2) is 4.98 Å². The zero-order chi connectivity index (χ0) is 15.2. The summed E-state index contributed by atoms with van der Waals surface area (Å²) in [6.07, 6.45) is 4.04. The fraction of sp³-hybridized carbons (Fsp3) is 0.625. The highest BCUT2D eigenvalue weighted by Gasteiger charge is 2.28. The highest BCUT2D eigenvalue weighted by Crippen LogP contribution is 2.22. The van der Waals surface area contributed by atoms with Crippen LogP contribution >= 0.6 is 0 Å². The van der Waals surface area contributed by atoms with E-state index in [4.69, 9.17) is 4.74 Å². The fourth-order valence-corrected chi connectivity index (χ4v) is 2.80. The third kappa shape index (κ3) is 3.94. The number of amides is 1. The zero-order valence-electron chi connectivity index (χ0n) is 13.1. The van der Waals surface area contributed by atoms with Crippen molar-refractivity contribution in [3.8, 4) is 0 Å². The van der Waals surface area contributed by atoms with E-state index in [2.05, 4.69) is 15.6 Å². The predicted molar refractivity (Wildman–Crippen MR) is 83.7 cm³/mol. The molecule has 21 heavy (non-hydrogen) atoms. The maximum Gasteiger partial charge on any atom is 0.251 e. The van der Waals surface area contributed by atoms with Gasteiger partial charge in [0.2, 0.25) is 0 Å². The van der Waals surface area contributed by atoms with Gasteiger partial charge in [0.1, 0.15) is 5.82 Å². The smallest absolute Gasteiger partial charge is 0.251 e. The number of ether oxygens (including phenoxy) is 1. The lowest BCUT2D eigenvalue weighted by atomic mass is 10.1. The molecule has 0 aromatic carbocycles. The third-order valence-corrected chi connectivity index (χ3v) is 3.93.